The first kappa shape index (κ1) is 20.0. The van der Waals surface area contributed by atoms with Crippen molar-refractivity contribution in [1.29, 1.82) is 0 Å². The molecule has 1 saturated heterocycles. The van der Waals surface area contributed by atoms with E-state index < -0.39 is 22.0 Å². The van der Waals surface area contributed by atoms with Gasteiger partial charge in [0.25, 0.3) is 11.8 Å². The summed E-state index contributed by atoms with van der Waals surface area (Å²) in [7, 11) is -3.93. The molecule has 154 valence electrons. The number of rotatable bonds is 5. The highest BCUT2D eigenvalue weighted by Crippen LogP contribution is 2.44. The van der Waals surface area contributed by atoms with Crippen LogP contribution in [0.3, 0.4) is 0 Å². The first-order valence-corrected chi connectivity index (χ1v) is 11.7. The van der Waals surface area contributed by atoms with Gasteiger partial charge in [0.2, 0.25) is 10.0 Å². The summed E-state index contributed by atoms with van der Waals surface area (Å²) in [6, 6.07) is 8.24. The lowest BCUT2D eigenvalue weighted by molar-refractivity contribution is -0.132. The number of amides is 2. The normalized spacial score (nSPS) is 24.2. The van der Waals surface area contributed by atoms with Crippen LogP contribution in [0.1, 0.15) is 35.4 Å². The second-order valence-corrected chi connectivity index (χ2v) is 10.1. The van der Waals surface area contributed by atoms with Crippen LogP contribution in [0.15, 0.2) is 46.7 Å². The molecule has 0 spiro atoms. The number of nitrogens with one attached hydrogen (secondary N) is 2. The topological polar surface area (TPSA) is 116 Å². The summed E-state index contributed by atoms with van der Waals surface area (Å²) in [4.78, 5) is 24.9. The summed E-state index contributed by atoms with van der Waals surface area (Å²) in [5.74, 6) is -0.845. The predicted octanol–water partition coefficient (Wildman–Crippen LogP) is 2.44. The van der Waals surface area contributed by atoms with Gasteiger partial charge in [0.15, 0.2) is 0 Å². The van der Waals surface area contributed by atoms with Gasteiger partial charge in [0, 0.05) is 11.7 Å². The monoisotopic (exact) mass is 435 g/mol. The summed E-state index contributed by atoms with van der Waals surface area (Å²) < 4.78 is 27.9. The molecular weight excluding hydrogens is 414 g/mol. The van der Waals surface area contributed by atoms with E-state index in [-0.39, 0.29) is 22.8 Å². The molecule has 0 radical (unpaired) electrons. The van der Waals surface area contributed by atoms with Crippen LogP contribution in [0.4, 0.5) is 5.69 Å². The zero-order valence-electron chi connectivity index (χ0n) is 15.4. The Morgan fingerprint density at radius 3 is 2.55 bits per heavy atom. The van der Waals surface area contributed by atoms with Gasteiger partial charge in [-0.3, -0.25) is 14.8 Å². The number of benzene rings is 1. The highest BCUT2D eigenvalue weighted by atomic mass is 32.2. The van der Waals surface area contributed by atoms with E-state index in [0.29, 0.717) is 23.4 Å². The maximum Gasteiger partial charge on any atom is 0.265 e. The van der Waals surface area contributed by atoms with Crippen LogP contribution in [0.25, 0.3) is 0 Å². The van der Waals surface area contributed by atoms with Crippen LogP contribution >= 0.6 is 11.3 Å². The third-order valence-electron chi connectivity index (χ3n) is 5.62. The van der Waals surface area contributed by atoms with Crippen molar-refractivity contribution in [3.63, 3.8) is 0 Å². The van der Waals surface area contributed by atoms with Crippen molar-refractivity contribution in [2.24, 2.45) is 5.92 Å². The van der Waals surface area contributed by atoms with Crippen LogP contribution < -0.4 is 10.8 Å². The molecule has 2 amide bonds. The fourth-order valence-electron chi connectivity index (χ4n) is 4.32. The van der Waals surface area contributed by atoms with Gasteiger partial charge in [-0.1, -0.05) is 12.5 Å². The van der Waals surface area contributed by atoms with E-state index in [4.69, 9.17) is 5.21 Å². The smallest absolute Gasteiger partial charge is 0.265 e. The van der Waals surface area contributed by atoms with E-state index in [2.05, 4.69) is 5.32 Å². The largest absolute Gasteiger partial charge is 0.321 e. The van der Waals surface area contributed by atoms with Gasteiger partial charge < -0.3 is 5.32 Å². The van der Waals surface area contributed by atoms with E-state index in [9.17, 15) is 18.0 Å². The molecule has 1 aromatic carbocycles. The first-order valence-electron chi connectivity index (χ1n) is 9.34. The Morgan fingerprint density at radius 1 is 1.14 bits per heavy atom. The van der Waals surface area contributed by atoms with E-state index >= 15 is 0 Å². The van der Waals surface area contributed by atoms with Crippen molar-refractivity contribution in [3.8, 4) is 0 Å². The van der Waals surface area contributed by atoms with Gasteiger partial charge in [-0.15, -0.1) is 11.3 Å². The number of anilines is 1. The quantitative estimate of drug-likeness (QED) is 0.493. The number of carbonyl (C=O) groups is 2. The van der Waals surface area contributed by atoms with Crippen molar-refractivity contribution < 1.29 is 23.2 Å². The second-order valence-electron chi connectivity index (χ2n) is 7.28. The molecule has 1 aromatic heterocycles. The Bertz CT molecular complexity index is 1000. The summed E-state index contributed by atoms with van der Waals surface area (Å²) in [5.41, 5.74) is 2.08. The van der Waals surface area contributed by atoms with Crippen molar-refractivity contribution in [2.45, 2.75) is 42.7 Å². The van der Waals surface area contributed by atoms with Crippen molar-refractivity contribution >= 4 is 38.9 Å². The number of nitrogens with zero attached hydrogens (tertiary/aromatic N) is 1. The van der Waals surface area contributed by atoms with Gasteiger partial charge in [0.1, 0.15) is 6.04 Å². The summed E-state index contributed by atoms with van der Waals surface area (Å²) in [5, 5.41) is 13.6. The summed E-state index contributed by atoms with van der Waals surface area (Å²) in [6.45, 7) is 0. The second kappa shape index (κ2) is 7.86. The lowest BCUT2D eigenvalue weighted by Crippen LogP contribution is -2.48. The van der Waals surface area contributed by atoms with Gasteiger partial charge in [0.05, 0.1) is 9.77 Å². The molecule has 2 aliphatic rings. The molecule has 2 aromatic rings. The maximum absolute atomic E-state index is 13.3. The molecule has 2 heterocycles. The molecule has 4 rings (SSSR count). The van der Waals surface area contributed by atoms with Crippen molar-refractivity contribution in [3.05, 3.63) is 46.7 Å². The molecule has 10 heteroatoms. The van der Waals surface area contributed by atoms with Crippen molar-refractivity contribution in [1.82, 2.24) is 9.79 Å². The number of hydrogen-bond acceptors (Lipinski definition) is 6. The molecule has 8 nitrogen and oxygen atoms in total. The number of hydroxylamine groups is 1. The van der Waals surface area contributed by atoms with E-state index in [1.165, 1.54) is 39.9 Å². The lowest BCUT2D eigenvalue weighted by atomic mass is 10.0. The standard InChI is InChI=1S/C19H21N3O5S2/c23-18(21-25)16-11-12-3-1-4-15(12)22(16)29(26,27)14-8-6-13(7-9-14)20-19(24)17-5-2-10-28-17/h2,5-10,12,15-16,25H,1,3-4,11H2,(H,20,24)(H,21,23)/t12-,15-,16?/m1/s1. The van der Waals surface area contributed by atoms with Crippen molar-refractivity contribution in [2.75, 3.05) is 5.32 Å². The fourth-order valence-corrected chi connectivity index (χ4v) is 6.82. The third kappa shape index (κ3) is 3.68. The number of hydrogen-bond donors (Lipinski definition) is 3. The SMILES string of the molecule is O=C(Nc1ccc(S(=O)(=O)N2C(C(=O)NO)C[C@H]3CCC[C@H]32)cc1)c1cccs1. The highest BCUT2D eigenvalue weighted by molar-refractivity contribution is 7.89. The Balaban J connectivity index is 1.57. The van der Waals surface area contributed by atoms with Gasteiger partial charge in [-0.25, -0.2) is 13.9 Å². The van der Waals surface area contributed by atoms with Gasteiger partial charge >= 0.3 is 0 Å². The Kier molecular flexibility index (Phi) is 5.43. The zero-order chi connectivity index (χ0) is 20.6. The molecule has 3 atom stereocenters. The average molecular weight is 436 g/mol. The Morgan fingerprint density at radius 2 is 1.90 bits per heavy atom. The molecule has 29 heavy (non-hydrogen) atoms. The zero-order valence-corrected chi connectivity index (χ0v) is 17.1. The predicted molar refractivity (Wildman–Crippen MR) is 107 cm³/mol. The summed E-state index contributed by atoms with van der Waals surface area (Å²) in [6.07, 6.45) is 2.90. The van der Waals surface area contributed by atoms with E-state index in [0.717, 1.165) is 12.8 Å². The minimum Gasteiger partial charge on any atom is -0.321 e. The van der Waals surface area contributed by atoms with E-state index in [1.807, 2.05) is 0 Å². The van der Waals surface area contributed by atoms with Crippen LogP contribution in [0.5, 0.6) is 0 Å². The Hall–Kier alpha value is -2.27. The highest BCUT2D eigenvalue weighted by Gasteiger charge is 2.52. The number of sulfonamides is 1. The molecule has 1 saturated carbocycles. The molecule has 3 N–H and O–H groups in total. The molecule has 1 unspecified atom stereocenters. The van der Waals surface area contributed by atoms with E-state index in [1.54, 1.807) is 23.0 Å². The number of fused-ring (bicyclic) bond motifs is 1. The lowest BCUT2D eigenvalue weighted by Gasteiger charge is -2.27. The van der Waals surface area contributed by atoms with Gasteiger partial charge in [-0.2, -0.15) is 4.31 Å². The molecule has 0 bridgehead atoms. The Labute approximate surface area is 172 Å². The minimum absolute atomic E-state index is 0.0508. The van der Waals surface area contributed by atoms with Crippen LogP contribution in [0, 0.1) is 5.92 Å². The van der Waals surface area contributed by atoms with Crippen LogP contribution in [0.2, 0.25) is 0 Å². The number of carbonyl (C=O) groups excluding carboxylic acids is 2. The summed E-state index contributed by atoms with van der Waals surface area (Å²) >= 11 is 1.32. The van der Waals surface area contributed by atoms with Crippen LogP contribution in [-0.4, -0.2) is 41.8 Å². The number of thiophene rings is 1. The fraction of sp³-hybridized carbons (Fsp3) is 0.368. The van der Waals surface area contributed by atoms with Crippen LogP contribution in [-0.2, 0) is 14.8 Å². The molecule has 2 fully saturated rings. The average Bonchev–Trinajstić information content (AvgIpc) is 3.44. The maximum atomic E-state index is 13.3. The minimum atomic E-state index is -3.93. The molecular formula is C19H21N3O5S2. The molecule has 1 aliphatic carbocycles. The van der Waals surface area contributed by atoms with Gasteiger partial charge in [-0.05, 0) is 60.9 Å². The third-order valence-corrected chi connectivity index (χ3v) is 8.44. The first-order chi connectivity index (χ1) is 13.9. The molecule has 1 aliphatic heterocycles.